The first-order valence-electron chi connectivity index (χ1n) is 7.05. The molecule has 1 N–H and O–H groups in total. The molecule has 2 rings (SSSR count). The first-order chi connectivity index (χ1) is 9.94. The summed E-state index contributed by atoms with van der Waals surface area (Å²) < 4.78 is 5.33. The standard InChI is InChI=1S/C18H21NO2/c1-18(2,3)21-17(20)15-9-11-16(12-10-15)19-13-14-7-5-4-6-8-14/h4-12,19H,13H2,1-3H3. The normalized spacial score (nSPS) is 11.0. The zero-order chi connectivity index (χ0) is 15.3. The molecule has 3 heteroatoms. The molecule has 0 aliphatic rings. The van der Waals surface area contributed by atoms with Crippen molar-refractivity contribution in [2.24, 2.45) is 0 Å². The van der Waals surface area contributed by atoms with Crippen LogP contribution in [0, 0.1) is 0 Å². The van der Waals surface area contributed by atoms with Crippen LogP contribution in [0.2, 0.25) is 0 Å². The molecule has 0 aromatic heterocycles. The summed E-state index contributed by atoms with van der Waals surface area (Å²) in [5.41, 5.74) is 2.29. The molecule has 0 atom stereocenters. The van der Waals surface area contributed by atoms with E-state index in [1.54, 1.807) is 12.1 Å². The van der Waals surface area contributed by atoms with Gasteiger partial charge in [0.05, 0.1) is 5.56 Å². The highest BCUT2D eigenvalue weighted by atomic mass is 16.6. The Bertz CT molecular complexity index is 583. The van der Waals surface area contributed by atoms with Gasteiger partial charge in [0.2, 0.25) is 0 Å². The summed E-state index contributed by atoms with van der Waals surface area (Å²) in [7, 11) is 0. The van der Waals surface area contributed by atoms with E-state index in [1.165, 1.54) is 5.56 Å². The summed E-state index contributed by atoms with van der Waals surface area (Å²) in [6.07, 6.45) is 0. The monoisotopic (exact) mass is 283 g/mol. The number of carbonyl (C=O) groups is 1. The fraction of sp³-hybridized carbons (Fsp3) is 0.278. The number of benzene rings is 2. The average molecular weight is 283 g/mol. The Morgan fingerprint density at radius 1 is 1.00 bits per heavy atom. The lowest BCUT2D eigenvalue weighted by Crippen LogP contribution is -2.23. The molecule has 0 fully saturated rings. The molecule has 3 nitrogen and oxygen atoms in total. The van der Waals surface area contributed by atoms with Crippen LogP contribution in [0.1, 0.15) is 36.7 Å². The summed E-state index contributed by atoms with van der Waals surface area (Å²) in [6.45, 7) is 6.34. The van der Waals surface area contributed by atoms with Gasteiger partial charge in [-0.1, -0.05) is 30.3 Å². The van der Waals surface area contributed by atoms with Gasteiger partial charge in [-0.25, -0.2) is 4.79 Å². The van der Waals surface area contributed by atoms with Crippen molar-refractivity contribution >= 4 is 11.7 Å². The summed E-state index contributed by atoms with van der Waals surface area (Å²) >= 11 is 0. The average Bonchev–Trinajstić information content (AvgIpc) is 2.45. The van der Waals surface area contributed by atoms with Crippen molar-refractivity contribution in [3.8, 4) is 0 Å². The van der Waals surface area contributed by atoms with E-state index in [1.807, 2.05) is 51.1 Å². The number of rotatable bonds is 4. The van der Waals surface area contributed by atoms with Crippen molar-refractivity contribution in [1.82, 2.24) is 0 Å². The van der Waals surface area contributed by atoms with E-state index in [9.17, 15) is 4.79 Å². The van der Waals surface area contributed by atoms with E-state index in [4.69, 9.17) is 4.74 Å². The van der Waals surface area contributed by atoms with Crippen LogP contribution in [-0.2, 0) is 11.3 Å². The fourth-order valence-electron chi connectivity index (χ4n) is 1.86. The van der Waals surface area contributed by atoms with Gasteiger partial charge < -0.3 is 10.1 Å². The Morgan fingerprint density at radius 3 is 2.19 bits per heavy atom. The molecule has 0 aliphatic heterocycles. The second-order valence-corrected chi connectivity index (χ2v) is 5.92. The maximum atomic E-state index is 11.9. The lowest BCUT2D eigenvalue weighted by atomic mass is 10.1. The summed E-state index contributed by atoms with van der Waals surface area (Å²) in [5.74, 6) is -0.294. The third-order valence-electron chi connectivity index (χ3n) is 2.86. The molecule has 2 aromatic carbocycles. The van der Waals surface area contributed by atoms with Crippen molar-refractivity contribution in [3.05, 3.63) is 65.7 Å². The van der Waals surface area contributed by atoms with E-state index in [0.29, 0.717) is 5.56 Å². The lowest BCUT2D eigenvalue weighted by molar-refractivity contribution is 0.00696. The third-order valence-corrected chi connectivity index (χ3v) is 2.86. The van der Waals surface area contributed by atoms with Crippen molar-refractivity contribution in [3.63, 3.8) is 0 Å². The molecule has 0 saturated heterocycles. The van der Waals surface area contributed by atoms with E-state index in [2.05, 4.69) is 17.4 Å². The fourth-order valence-corrected chi connectivity index (χ4v) is 1.86. The molecule has 21 heavy (non-hydrogen) atoms. The number of hydrogen-bond donors (Lipinski definition) is 1. The highest BCUT2D eigenvalue weighted by Crippen LogP contribution is 2.15. The van der Waals surface area contributed by atoms with Crippen molar-refractivity contribution in [2.45, 2.75) is 32.9 Å². The van der Waals surface area contributed by atoms with Crippen LogP contribution in [-0.4, -0.2) is 11.6 Å². The Labute approximate surface area is 126 Å². The van der Waals surface area contributed by atoms with Crippen molar-refractivity contribution in [1.29, 1.82) is 0 Å². The number of nitrogens with one attached hydrogen (secondary N) is 1. The van der Waals surface area contributed by atoms with Crippen molar-refractivity contribution < 1.29 is 9.53 Å². The highest BCUT2D eigenvalue weighted by molar-refractivity contribution is 5.90. The summed E-state index contributed by atoms with van der Waals surface area (Å²) in [5, 5.41) is 3.32. The Kier molecular flexibility index (Phi) is 4.63. The van der Waals surface area contributed by atoms with Crippen LogP contribution in [0.15, 0.2) is 54.6 Å². The van der Waals surface area contributed by atoms with Gasteiger partial charge in [0, 0.05) is 12.2 Å². The Morgan fingerprint density at radius 2 is 1.62 bits per heavy atom. The molecule has 0 aliphatic carbocycles. The molecular weight excluding hydrogens is 262 g/mol. The zero-order valence-electron chi connectivity index (χ0n) is 12.7. The van der Waals surface area contributed by atoms with Crippen LogP contribution >= 0.6 is 0 Å². The minimum atomic E-state index is -0.471. The van der Waals surface area contributed by atoms with Crippen LogP contribution in [0.25, 0.3) is 0 Å². The molecule has 0 spiro atoms. The number of ether oxygens (including phenoxy) is 1. The molecule has 110 valence electrons. The zero-order valence-corrected chi connectivity index (χ0v) is 12.7. The quantitative estimate of drug-likeness (QED) is 0.852. The minimum Gasteiger partial charge on any atom is -0.456 e. The number of carbonyl (C=O) groups excluding carboxylic acids is 1. The topological polar surface area (TPSA) is 38.3 Å². The van der Waals surface area contributed by atoms with E-state index < -0.39 is 5.60 Å². The predicted octanol–water partition coefficient (Wildman–Crippen LogP) is 4.25. The molecule has 0 heterocycles. The molecule has 2 aromatic rings. The molecule has 0 radical (unpaired) electrons. The van der Waals surface area contributed by atoms with Gasteiger partial charge in [-0.3, -0.25) is 0 Å². The first kappa shape index (κ1) is 15.1. The Balaban J connectivity index is 1.94. The maximum Gasteiger partial charge on any atom is 0.338 e. The molecule has 0 saturated carbocycles. The molecular formula is C18H21NO2. The van der Waals surface area contributed by atoms with Crippen LogP contribution in [0.5, 0.6) is 0 Å². The number of anilines is 1. The molecule has 0 unspecified atom stereocenters. The highest BCUT2D eigenvalue weighted by Gasteiger charge is 2.17. The number of esters is 1. The van der Waals surface area contributed by atoms with Gasteiger partial charge in [-0.15, -0.1) is 0 Å². The van der Waals surface area contributed by atoms with E-state index in [-0.39, 0.29) is 5.97 Å². The number of hydrogen-bond acceptors (Lipinski definition) is 3. The van der Waals surface area contributed by atoms with Gasteiger partial charge in [0.15, 0.2) is 0 Å². The first-order valence-corrected chi connectivity index (χ1v) is 7.05. The van der Waals surface area contributed by atoms with Crippen LogP contribution in [0.3, 0.4) is 0 Å². The SMILES string of the molecule is CC(C)(C)OC(=O)c1ccc(NCc2ccccc2)cc1. The van der Waals surface area contributed by atoms with Crippen molar-refractivity contribution in [2.75, 3.05) is 5.32 Å². The minimum absolute atomic E-state index is 0.294. The largest absolute Gasteiger partial charge is 0.456 e. The van der Waals surface area contributed by atoms with Gasteiger partial charge in [-0.2, -0.15) is 0 Å². The maximum absolute atomic E-state index is 11.9. The van der Waals surface area contributed by atoms with Gasteiger partial charge >= 0.3 is 5.97 Å². The predicted molar refractivity (Wildman–Crippen MR) is 85.4 cm³/mol. The van der Waals surface area contributed by atoms with E-state index in [0.717, 1.165) is 12.2 Å². The summed E-state index contributed by atoms with van der Waals surface area (Å²) in [6, 6.07) is 17.5. The van der Waals surface area contributed by atoms with E-state index >= 15 is 0 Å². The van der Waals surface area contributed by atoms with Gasteiger partial charge in [0.1, 0.15) is 5.60 Å². The second kappa shape index (κ2) is 6.44. The van der Waals surface area contributed by atoms with Gasteiger partial charge in [-0.05, 0) is 50.6 Å². The molecule has 0 bridgehead atoms. The van der Waals surface area contributed by atoms with Gasteiger partial charge in [0.25, 0.3) is 0 Å². The molecule has 0 amide bonds. The summed E-state index contributed by atoms with van der Waals surface area (Å²) in [4.78, 5) is 11.9. The lowest BCUT2D eigenvalue weighted by Gasteiger charge is -2.19. The van der Waals surface area contributed by atoms with Crippen LogP contribution in [0.4, 0.5) is 5.69 Å². The van der Waals surface area contributed by atoms with Crippen LogP contribution < -0.4 is 5.32 Å². The second-order valence-electron chi connectivity index (χ2n) is 5.92. The smallest absolute Gasteiger partial charge is 0.338 e. The Hall–Kier alpha value is -2.29. The third kappa shape index (κ3) is 4.95.